The van der Waals surface area contributed by atoms with Gasteiger partial charge in [-0.2, -0.15) is 4.98 Å². The second-order valence-corrected chi connectivity index (χ2v) is 4.80. The second kappa shape index (κ2) is 6.89. The van der Waals surface area contributed by atoms with E-state index in [0.29, 0.717) is 5.88 Å². The van der Waals surface area contributed by atoms with Gasteiger partial charge in [-0.05, 0) is 18.9 Å². The van der Waals surface area contributed by atoms with Crippen LogP contribution in [0, 0.1) is 6.92 Å². The van der Waals surface area contributed by atoms with Crippen LogP contribution in [0.2, 0.25) is 0 Å². The van der Waals surface area contributed by atoms with Crippen molar-refractivity contribution >= 4 is 5.82 Å². The molecule has 106 valence electrons. The Labute approximate surface area is 120 Å². The average Bonchev–Trinajstić information content (AvgIpc) is 2.47. The lowest BCUT2D eigenvalue weighted by Gasteiger charge is -2.09. The van der Waals surface area contributed by atoms with Crippen LogP contribution in [0.1, 0.15) is 30.3 Å². The van der Waals surface area contributed by atoms with E-state index in [-0.39, 0.29) is 0 Å². The number of hydrogen-bond donors (Lipinski definition) is 1. The van der Waals surface area contributed by atoms with Crippen molar-refractivity contribution in [2.75, 3.05) is 12.4 Å². The van der Waals surface area contributed by atoms with E-state index in [9.17, 15) is 0 Å². The summed E-state index contributed by atoms with van der Waals surface area (Å²) in [4.78, 5) is 8.84. The van der Waals surface area contributed by atoms with Crippen LogP contribution in [0.4, 0.5) is 5.82 Å². The van der Waals surface area contributed by atoms with Gasteiger partial charge in [0.25, 0.3) is 0 Å². The van der Waals surface area contributed by atoms with Gasteiger partial charge in [-0.1, -0.05) is 36.8 Å². The molecule has 0 amide bonds. The highest BCUT2D eigenvalue weighted by Gasteiger charge is 2.04. The van der Waals surface area contributed by atoms with Crippen LogP contribution < -0.4 is 10.1 Å². The highest BCUT2D eigenvalue weighted by Crippen LogP contribution is 2.15. The molecule has 1 N–H and O–H groups in total. The van der Waals surface area contributed by atoms with Gasteiger partial charge in [-0.15, -0.1) is 0 Å². The molecule has 4 heteroatoms. The van der Waals surface area contributed by atoms with Crippen molar-refractivity contribution in [2.45, 2.75) is 33.2 Å². The van der Waals surface area contributed by atoms with E-state index in [1.807, 2.05) is 6.07 Å². The van der Waals surface area contributed by atoms with E-state index < -0.39 is 0 Å². The van der Waals surface area contributed by atoms with Gasteiger partial charge in [0.05, 0.1) is 7.11 Å². The molecule has 0 saturated heterocycles. The summed E-state index contributed by atoms with van der Waals surface area (Å²) in [7, 11) is 1.63. The highest BCUT2D eigenvalue weighted by atomic mass is 16.5. The smallest absolute Gasteiger partial charge is 0.218 e. The van der Waals surface area contributed by atoms with Gasteiger partial charge in [0, 0.05) is 19.0 Å². The number of aryl methyl sites for hydroxylation is 2. The first-order chi connectivity index (χ1) is 9.71. The number of hydrogen-bond acceptors (Lipinski definition) is 4. The minimum atomic E-state index is 0.606. The third-order valence-electron chi connectivity index (χ3n) is 3.03. The van der Waals surface area contributed by atoms with Crippen molar-refractivity contribution in [3.8, 4) is 5.88 Å². The summed E-state index contributed by atoms with van der Waals surface area (Å²) in [5, 5.41) is 3.32. The van der Waals surface area contributed by atoms with Crippen LogP contribution in [0.15, 0.2) is 30.3 Å². The van der Waals surface area contributed by atoms with Crippen molar-refractivity contribution in [3.05, 3.63) is 47.3 Å². The number of methoxy groups -OCH3 is 1. The molecule has 0 bridgehead atoms. The summed E-state index contributed by atoms with van der Waals surface area (Å²) in [6.45, 7) is 4.94. The van der Waals surface area contributed by atoms with Crippen molar-refractivity contribution in [2.24, 2.45) is 0 Å². The fourth-order valence-electron chi connectivity index (χ4n) is 1.90. The monoisotopic (exact) mass is 271 g/mol. The topological polar surface area (TPSA) is 47.0 Å². The predicted molar refractivity (Wildman–Crippen MR) is 81.1 cm³/mol. The average molecular weight is 271 g/mol. The number of ether oxygens (including phenoxy) is 1. The van der Waals surface area contributed by atoms with Gasteiger partial charge in [-0.25, -0.2) is 4.98 Å². The Morgan fingerprint density at radius 2 is 1.90 bits per heavy atom. The summed E-state index contributed by atoms with van der Waals surface area (Å²) in [6, 6.07) is 10.3. The first kappa shape index (κ1) is 14.3. The number of nitrogens with one attached hydrogen (secondary N) is 1. The summed E-state index contributed by atoms with van der Waals surface area (Å²) in [5.41, 5.74) is 2.49. The van der Waals surface area contributed by atoms with Gasteiger partial charge in [0.2, 0.25) is 5.88 Å². The minimum absolute atomic E-state index is 0.606. The van der Waals surface area contributed by atoms with Crippen LogP contribution in [-0.2, 0) is 13.0 Å². The van der Waals surface area contributed by atoms with E-state index in [1.54, 1.807) is 7.11 Å². The molecule has 1 aromatic carbocycles. The molecule has 20 heavy (non-hydrogen) atoms. The van der Waals surface area contributed by atoms with Crippen molar-refractivity contribution in [3.63, 3.8) is 0 Å². The number of benzene rings is 1. The third-order valence-corrected chi connectivity index (χ3v) is 3.03. The summed E-state index contributed by atoms with van der Waals surface area (Å²) < 4.78 is 5.22. The van der Waals surface area contributed by atoms with Crippen LogP contribution in [0.3, 0.4) is 0 Å². The lowest BCUT2D eigenvalue weighted by Crippen LogP contribution is -2.05. The lowest BCUT2D eigenvalue weighted by molar-refractivity contribution is 0.395. The molecule has 0 radical (unpaired) electrons. The molecule has 2 aromatic rings. The molecule has 0 aliphatic rings. The molecular weight excluding hydrogens is 250 g/mol. The predicted octanol–water partition coefficient (Wildman–Crippen LogP) is 3.36. The van der Waals surface area contributed by atoms with E-state index in [2.05, 4.69) is 53.4 Å². The maximum absolute atomic E-state index is 5.22. The maximum atomic E-state index is 5.22. The SMILES string of the molecule is CCCc1nc(NCc2ccc(C)cc2)cc(OC)n1. The lowest BCUT2D eigenvalue weighted by atomic mass is 10.1. The normalized spacial score (nSPS) is 10.3. The quantitative estimate of drug-likeness (QED) is 0.875. The zero-order valence-corrected chi connectivity index (χ0v) is 12.3. The number of aromatic nitrogens is 2. The van der Waals surface area contributed by atoms with Gasteiger partial charge in [-0.3, -0.25) is 0 Å². The number of anilines is 1. The van der Waals surface area contributed by atoms with Gasteiger partial charge >= 0.3 is 0 Å². The molecule has 0 fully saturated rings. The zero-order chi connectivity index (χ0) is 14.4. The molecule has 0 atom stereocenters. The number of nitrogens with zero attached hydrogens (tertiary/aromatic N) is 2. The Morgan fingerprint density at radius 1 is 1.15 bits per heavy atom. The van der Waals surface area contributed by atoms with E-state index in [1.165, 1.54) is 11.1 Å². The number of rotatable bonds is 6. The fraction of sp³-hybridized carbons (Fsp3) is 0.375. The van der Waals surface area contributed by atoms with Gasteiger partial charge in [0.15, 0.2) is 0 Å². The van der Waals surface area contributed by atoms with Gasteiger partial charge < -0.3 is 10.1 Å². The molecule has 1 aromatic heterocycles. The molecule has 0 unspecified atom stereocenters. The van der Waals surface area contributed by atoms with Crippen LogP contribution in [0.25, 0.3) is 0 Å². The molecule has 4 nitrogen and oxygen atoms in total. The minimum Gasteiger partial charge on any atom is -0.481 e. The van der Waals surface area contributed by atoms with Crippen molar-refractivity contribution < 1.29 is 4.74 Å². The Kier molecular flexibility index (Phi) is 4.93. The fourth-order valence-corrected chi connectivity index (χ4v) is 1.90. The van der Waals surface area contributed by atoms with E-state index in [4.69, 9.17) is 4.74 Å². The first-order valence-corrected chi connectivity index (χ1v) is 6.92. The Morgan fingerprint density at radius 3 is 2.55 bits per heavy atom. The first-order valence-electron chi connectivity index (χ1n) is 6.92. The Hall–Kier alpha value is -2.10. The Bertz CT molecular complexity index is 552. The zero-order valence-electron chi connectivity index (χ0n) is 12.3. The molecule has 2 rings (SSSR count). The standard InChI is InChI=1S/C16H21N3O/c1-4-5-14-18-15(10-16(19-14)20-3)17-11-13-8-6-12(2)7-9-13/h6-10H,4-5,11H2,1-3H3,(H,17,18,19). The van der Waals surface area contributed by atoms with Crippen LogP contribution in [-0.4, -0.2) is 17.1 Å². The molecule has 0 spiro atoms. The summed E-state index contributed by atoms with van der Waals surface area (Å²) >= 11 is 0. The van der Waals surface area contributed by atoms with Crippen molar-refractivity contribution in [1.82, 2.24) is 9.97 Å². The molecular formula is C16H21N3O. The van der Waals surface area contributed by atoms with E-state index in [0.717, 1.165) is 31.0 Å². The molecule has 1 heterocycles. The van der Waals surface area contributed by atoms with Crippen LogP contribution in [0.5, 0.6) is 5.88 Å². The molecule has 0 aliphatic heterocycles. The molecule has 0 aliphatic carbocycles. The molecule has 0 saturated carbocycles. The summed E-state index contributed by atoms with van der Waals surface area (Å²) in [6.07, 6.45) is 1.88. The second-order valence-electron chi connectivity index (χ2n) is 4.80. The van der Waals surface area contributed by atoms with E-state index >= 15 is 0 Å². The summed E-state index contributed by atoms with van der Waals surface area (Å²) in [5.74, 6) is 2.23. The van der Waals surface area contributed by atoms with Crippen molar-refractivity contribution in [1.29, 1.82) is 0 Å². The largest absolute Gasteiger partial charge is 0.481 e. The van der Waals surface area contributed by atoms with Crippen LogP contribution >= 0.6 is 0 Å². The highest BCUT2D eigenvalue weighted by molar-refractivity contribution is 5.39. The van der Waals surface area contributed by atoms with Gasteiger partial charge in [0.1, 0.15) is 11.6 Å². The third kappa shape index (κ3) is 3.95. The maximum Gasteiger partial charge on any atom is 0.218 e. The Balaban J connectivity index is 2.07.